The Morgan fingerprint density at radius 2 is 2.31 bits per heavy atom. The van der Waals surface area contributed by atoms with Gasteiger partial charge in [-0.15, -0.1) is 16.4 Å². The van der Waals surface area contributed by atoms with E-state index in [1.54, 1.807) is 4.88 Å². The summed E-state index contributed by atoms with van der Waals surface area (Å²) >= 11 is 1.99. The van der Waals surface area contributed by atoms with E-state index >= 15 is 0 Å². The SMILES string of the molecule is CCc1cc2c(s1)CCO[C@@]21CCN(Cc2cn(C3CC(CO)N3)nn2)[C@@H](C)C1. The number of hydrogen-bond acceptors (Lipinski definition) is 7. The molecule has 2 aromatic rings. The highest BCUT2D eigenvalue weighted by atomic mass is 32.1. The summed E-state index contributed by atoms with van der Waals surface area (Å²) in [6.45, 7) is 7.42. The topological polar surface area (TPSA) is 75.4 Å². The normalized spacial score (nSPS) is 32.3. The van der Waals surface area contributed by atoms with Gasteiger partial charge in [0.1, 0.15) is 6.17 Å². The number of hydrogen-bond donors (Lipinski definition) is 2. The van der Waals surface area contributed by atoms with Gasteiger partial charge in [0.15, 0.2) is 0 Å². The minimum atomic E-state index is -0.0970. The van der Waals surface area contributed by atoms with Gasteiger partial charge in [-0.1, -0.05) is 12.1 Å². The summed E-state index contributed by atoms with van der Waals surface area (Å²) in [5, 5.41) is 21.2. The molecule has 0 aromatic carbocycles. The fourth-order valence-corrected chi connectivity index (χ4v) is 6.26. The number of fused-ring (bicyclic) bond motifs is 2. The Hall–Kier alpha value is -1.32. The number of ether oxygens (including phenoxy) is 1. The largest absolute Gasteiger partial charge is 0.395 e. The van der Waals surface area contributed by atoms with Gasteiger partial charge in [-0.2, -0.15) is 0 Å². The van der Waals surface area contributed by atoms with Crippen molar-refractivity contribution in [3.8, 4) is 0 Å². The van der Waals surface area contributed by atoms with Gasteiger partial charge in [0.05, 0.1) is 30.7 Å². The first kappa shape index (κ1) is 19.6. The van der Waals surface area contributed by atoms with E-state index in [9.17, 15) is 0 Å². The van der Waals surface area contributed by atoms with Crippen LogP contribution >= 0.6 is 11.3 Å². The molecule has 5 heterocycles. The number of likely N-dealkylation sites (tertiary alicyclic amines) is 1. The van der Waals surface area contributed by atoms with Crippen molar-refractivity contribution in [2.45, 2.75) is 76.3 Å². The van der Waals surface area contributed by atoms with Crippen LogP contribution in [-0.2, 0) is 29.7 Å². The predicted molar refractivity (Wildman–Crippen MR) is 112 cm³/mol. The average molecular weight is 418 g/mol. The molecule has 0 saturated carbocycles. The zero-order valence-corrected chi connectivity index (χ0v) is 18.1. The number of piperidine rings is 1. The molecule has 5 rings (SSSR count). The molecule has 2 aromatic heterocycles. The van der Waals surface area contributed by atoms with Gasteiger partial charge in [0, 0.05) is 47.8 Å². The highest BCUT2D eigenvalue weighted by Gasteiger charge is 2.44. The monoisotopic (exact) mass is 417 g/mol. The highest BCUT2D eigenvalue weighted by molar-refractivity contribution is 7.12. The van der Waals surface area contributed by atoms with Gasteiger partial charge >= 0.3 is 0 Å². The van der Waals surface area contributed by atoms with Crippen molar-refractivity contribution < 1.29 is 9.84 Å². The first-order valence-electron chi connectivity index (χ1n) is 10.9. The Kier molecular flexibility index (Phi) is 5.24. The fraction of sp³-hybridized carbons (Fsp3) is 0.714. The van der Waals surface area contributed by atoms with E-state index < -0.39 is 0 Å². The van der Waals surface area contributed by atoms with Gasteiger partial charge in [0.25, 0.3) is 0 Å². The Bertz CT molecular complexity index is 861. The van der Waals surface area contributed by atoms with Gasteiger partial charge in [-0.3, -0.25) is 10.2 Å². The molecule has 0 aliphatic carbocycles. The Labute approximate surface area is 176 Å². The van der Waals surface area contributed by atoms with Gasteiger partial charge in [-0.05, 0) is 37.8 Å². The summed E-state index contributed by atoms with van der Waals surface area (Å²) in [7, 11) is 0. The maximum Gasteiger partial charge on any atom is 0.105 e. The van der Waals surface area contributed by atoms with E-state index in [0.717, 1.165) is 57.5 Å². The number of rotatable bonds is 5. The molecule has 0 amide bonds. The van der Waals surface area contributed by atoms with Crippen LogP contribution in [0.2, 0.25) is 0 Å². The van der Waals surface area contributed by atoms with Crippen molar-refractivity contribution in [1.29, 1.82) is 0 Å². The summed E-state index contributed by atoms with van der Waals surface area (Å²) in [6.07, 6.45) is 7.37. The second-order valence-electron chi connectivity index (χ2n) is 8.76. The summed E-state index contributed by atoms with van der Waals surface area (Å²) in [5.74, 6) is 0. The van der Waals surface area contributed by atoms with E-state index in [1.165, 1.54) is 10.4 Å². The van der Waals surface area contributed by atoms with Gasteiger partial charge in [0.2, 0.25) is 0 Å². The minimum absolute atomic E-state index is 0.0970. The molecule has 3 aliphatic heterocycles. The predicted octanol–water partition coefficient (Wildman–Crippen LogP) is 2.21. The quantitative estimate of drug-likeness (QED) is 0.777. The van der Waals surface area contributed by atoms with Crippen LogP contribution in [0, 0.1) is 0 Å². The Morgan fingerprint density at radius 3 is 3.07 bits per heavy atom. The molecule has 2 fully saturated rings. The maximum absolute atomic E-state index is 9.16. The zero-order chi connectivity index (χ0) is 20.0. The third-order valence-electron chi connectivity index (χ3n) is 6.86. The lowest BCUT2D eigenvalue weighted by atomic mass is 9.79. The number of nitrogens with one attached hydrogen (secondary N) is 1. The molecule has 7 nitrogen and oxygen atoms in total. The van der Waals surface area contributed by atoms with Crippen LogP contribution in [0.25, 0.3) is 0 Å². The lowest BCUT2D eigenvalue weighted by Crippen LogP contribution is -2.51. The zero-order valence-electron chi connectivity index (χ0n) is 17.3. The minimum Gasteiger partial charge on any atom is -0.395 e. The molecule has 0 bridgehead atoms. The van der Waals surface area contributed by atoms with Gasteiger partial charge in [-0.25, -0.2) is 4.68 Å². The summed E-state index contributed by atoms with van der Waals surface area (Å²) in [5.41, 5.74) is 2.38. The van der Waals surface area contributed by atoms with Crippen LogP contribution in [0.3, 0.4) is 0 Å². The molecule has 158 valence electrons. The molecular formula is C21H31N5O2S. The molecule has 3 aliphatic rings. The highest BCUT2D eigenvalue weighted by Crippen LogP contribution is 2.46. The number of aliphatic hydroxyl groups excluding tert-OH is 1. The van der Waals surface area contributed by atoms with Crippen LogP contribution in [-0.4, -0.2) is 56.8 Å². The lowest BCUT2D eigenvalue weighted by molar-refractivity contribution is -0.112. The fourth-order valence-electron chi connectivity index (χ4n) is 5.09. The maximum atomic E-state index is 9.16. The van der Waals surface area contributed by atoms with E-state index in [0.29, 0.717) is 6.04 Å². The standard InChI is InChI=1S/C21H31N5O2S/c1-3-17-9-18-19(29-17)4-7-28-21(18)5-6-25(14(2)10-21)11-16-12-26(24-23-16)20-8-15(13-27)22-20/h9,12,14-15,20,22,27H,3-8,10-11,13H2,1-2H3/t14-,15?,20?,21+/m0/s1. The molecule has 4 atom stereocenters. The lowest BCUT2D eigenvalue weighted by Gasteiger charge is -2.47. The molecule has 0 radical (unpaired) electrons. The number of aryl methyl sites for hydroxylation is 1. The second-order valence-corrected chi connectivity index (χ2v) is 9.98. The van der Waals surface area contributed by atoms with Crippen LogP contribution in [0.15, 0.2) is 12.3 Å². The number of aliphatic hydroxyl groups is 1. The third kappa shape index (κ3) is 3.55. The number of thiophene rings is 1. The first-order valence-corrected chi connectivity index (χ1v) is 11.7. The molecule has 2 unspecified atom stereocenters. The van der Waals surface area contributed by atoms with Gasteiger partial charge < -0.3 is 9.84 Å². The van der Waals surface area contributed by atoms with Crippen LogP contribution in [0.1, 0.15) is 60.3 Å². The van der Waals surface area contributed by atoms with Crippen molar-refractivity contribution in [2.24, 2.45) is 0 Å². The molecule has 8 heteroatoms. The van der Waals surface area contributed by atoms with Crippen molar-refractivity contribution >= 4 is 11.3 Å². The molecule has 1 spiro atoms. The number of aromatic nitrogens is 3. The Balaban J connectivity index is 1.25. The van der Waals surface area contributed by atoms with Crippen molar-refractivity contribution in [1.82, 2.24) is 25.2 Å². The molecule has 2 N–H and O–H groups in total. The summed E-state index contributed by atoms with van der Waals surface area (Å²) in [4.78, 5) is 5.54. The van der Waals surface area contributed by atoms with Crippen molar-refractivity contribution in [3.05, 3.63) is 33.3 Å². The van der Waals surface area contributed by atoms with Crippen LogP contribution in [0.4, 0.5) is 0 Å². The Morgan fingerprint density at radius 1 is 1.45 bits per heavy atom. The van der Waals surface area contributed by atoms with E-state index in [2.05, 4.69) is 40.4 Å². The van der Waals surface area contributed by atoms with E-state index in [4.69, 9.17) is 9.84 Å². The third-order valence-corrected chi connectivity index (χ3v) is 8.20. The van der Waals surface area contributed by atoms with Crippen molar-refractivity contribution in [3.63, 3.8) is 0 Å². The molecule has 29 heavy (non-hydrogen) atoms. The summed E-state index contributed by atoms with van der Waals surface area (Å²) in [6, 6.07) is 3.04. The number of nitrogens with zero attached hydrogens (tertiary/aromatic N) is 4. The van der Waals surface area contributed by atoms with E-state index in [1.807, 2.05) is 22.2 Å². The molecule has 2 saturated heterocycles. The molecular weight excluding hydrogens is 386 g/mol. The second kappa shape index (κ2) is 7.74. The first-order chi connectivity index (χ1) is 14.1. The van der Waals surface area contributed by atoms with E-state index in [-0.39, 0.29) is 24.4 Å². The van der Waals surface area contributed by atoms with Crippen LogP contribution < -0.4 is 5.32 Å². The van der Waals surface area contributed by atoms with Crippen molar-refractivity contribution in [2.75, 3.05) is 19.8 Å². The van der Waals surface area contributed by atoms with Crippen LogP contribution in [0.5, 0.6) is 0 Å². The average Bonchev–Trinajstić information content (AvgIpc) is 3.31. The smallest absolute Gasteiger partial charge is 0.105 e. The summed E-state index contributed by atoms with van der Waals surface area (Å²) < 4.78 is 8.35.